The van der Waals surface area contributed by atoms with E-state index in [-0.39, 0.29) is 5.56 Å². The van der Waals surface area contributed by atoms with Crippen molar-refractivity contribution in [3.8, 4) is 11.3 Å². The third-order valence-corrected chi connectivity index (χ3v) is 4.66. The van der Waals surface area contributed by atoms with Gasteiger partial charge in [-0.15, -0.1) is 0 Å². The van der Waals surface area contributed by atoms with Crippen LogP contribution in [0.2, 0.25) is 0 Å². The Bertz CT molecular complexity index is 929. The third kappa shape index (κ3) is 3.62. The summed E-state index contributed by atoms with van der Waals surface area (Å²) >= 11 is 0. The van der Waals surface area contributed by atoms with Gasteiger partial charge in [0.05, 0.1) is 17.8 Å². The molecule has 5 heteroatoms. The second kappa shape index (κ2) is 7.68. The quantitative estimate of drug-likeness (QED) is 0.750. The van der Waals surface area contributed by atoms with Gasteiger partial charge in [-0.1, -0.05) is 24.3 Å². The molecule has 3 rings (SSSR count). The Morgan fingerprint density at radius 2 is 2.15 bits per heavy atom. The minimum atomic E-state index is -0.390. The van der Waals surface area contributed by atoms with E-state index in [0.29, 0.717) is 12.1 Å². The highest BCUT2D eigenvalue weighted by Crippen LogP contribution is 2.25. The highest BCUT2D eigenvalue weighted by Gasteiger charge is 2.24. The van der Waals surface area contributed by atoms with Crippen LogP contribution in [-0.4, -0.2) is 14.3 Å². The van der Waals surface area contributed by atoms with E-state index in [1.54, 1.807) is 17.0 Å². The summed E-state index contributed by atoms with van der Waals surface area (Å²) < 4.78 is 17.1. The van der Waals surface area contributed by atoms with Crippen LogP contribution in [0.1, 0.15) is 31.0 Å². The normalized spacial score (nSPS) is 15.0. The molecule has 0 bridgehead atoms. The summed E-state index contributed by atoms with van der Waals surface area (Å²) in [7, 11) is 0. The Labute approximate surface area is 153 Å². The first-order chi connectivity index (χ1) is 12.5. The summed E-state index contributed by atoms with van der Waals surface area (Å²) in [6.45, 7) is 8.52. The van der Waals surface area contributed by atoms with Crippen molar-refractivity contribution < 1.29 is 4.39 Å². The summed E-state index contributed by atoms with van der Waals surface area (Å²) in [6, 6.07) is 3.89. The molecule has 0 unspecified atom stereocenters. The van der Waals surface area contributed by atoms with Gasteiger partial charge >= 0.3 is 0 Å². The minimum Gasteiger partial charge on any atom is -0.286 e. The molecule has 1 aliphatic heterocycles. The van der Waals surface area contributed by atoms with Crippen LogP contribution >= 0.6 is 0 Å². The van der Waals surface area contributed by atoms with E-state index in [9.17, 15) is 9.18 Å². The number of halogens is 1. The van der Waals surface area contributed by atoms with E-state index in [1.807, 2.05) is 26.0 Å². The summed E-state index contributed by atoms with van der Waals surface area (Å²) in [6.07, 6.45) is 9.02. The van der Waals surface area contributed by atoms with E-state index in [2.05, 4.69) is 16.2 Å². The van der Waals surface area contributed by atoms with Crippen LogP contribution in [0.4, 0.5) is 4.39 Å². The molecule has 0 N–H and O–H groups in total. The van der Waals surface area contributed by atoms with Gasteiger partial charge in [0.2, 0.25) is 0 Å². The van der Waals surface area contributed by atoms with Gasteiger partial charge in [-0.25, -0.2) is 9.07 Å². The van der Waals surface area contributed by atoms with Crippen LogP contribution in [-0.2, 0) is 19.5 Å². The van der Waals surface area contributed by atoms with Crippen LogP contribution in [0.25, 0.3) is 11.3 Å². The number of hydrogen-bond acceptors (Lipinski definition) is 2. The van der Waals surface area contributed by atoms with Crippen molar-refractivity contribution in [1.29, 1.82) is 0 Å². The molecule has 0 saturated heterocycles. The van der Waals surface area contributed by atoms with Crippen molar-refractivity contribution in [2.45, 2.75) is 46.2 Å². The third-order valence-electron chi connectivity index (χ3n) is 4.66. The van der Waals surface area contributed by atoms with Gasteiger partial charge < -0.3 is 0 Å². The van der Waals surface area contributed by atoms with Crippen molar-refractivity contribution in [3.63, 3.8) is 0 Å². The summed E-state index contributed by atoms with van der Waals surface area (Å²) in [5.74, 6) is -0.390. The number of pyridine rings is 1. The van der Waals surface area contributed by atoms with Crippen molar-refractivity contribution in [3.05, 3.63) is 76.1 Å². The smallest absolute Gasteiger partial charge is 0.276 e. The van der Waals surface area contributed by atoms with Gasteiger partial charge in [0, 0.05) is 18.4 Å². The Balaban J connectivity index is 2.05. The fraction of sp³-hybridized carbons (Fsp3) is 0.333. The molecule has 3 heterocycles. The lowest BCUT2D eigenvalue weighted by Crippen LogP contribution is -2.26. The van der Waals surface area contributed by atoms with Crippen molar-refractivity contribution in [1.82, 2.24) is 14.3 Å². The van der Waals surface area contributed by atoms with Gasteiger partial charge in [0.15, 0.2) is 0 Å². The molecule has 0 spiro atoms. The molecule has 0 aromatic carbocycles. The summed E-state index contributed by atoms with van der Waals surface area (Å²) in [5, 5.41) is 0. The maximum Gasteiger partial charge on any atom is 0.276 e. The molecule has 0 amide bonds. The van der Waals surface area contributed by atoms with Crippen LogP contribution < -0.4 is 5.56 Å². The van der Waals surface area contributed by atoms with E-state index in [4.69, 9.17) is 0 Å². The molecule has 2 aromatic rings. The second-order valence-corrected chi connectivity index (χ2v) is 6.75. The number of rotatable bonds is 5. The molecule has 0 atom stereocenters. The zero-order valence-corrected chi connectivity index (χ0v) is 15.3. The number of aryl methyl sites for hydroxylation is 1. The van der Waals surface area contributed by atoms with E-state index in [0.717, 1.165) is 54.4 Å². The van der Waals surface area contributed by atoms with Crippen molar-refractivity contribution >= 4 is 0 Å². The maximum absolute atomic E-state index is 13.3. The second-order valence-electron chi connectivity index (χ2n) is 6.75. The Kier molecular flexibility index (Phi) is 5.35. The first-order valence-electron chi connectivity index (χ1n) is 8.92. The molecular formula is C21H24FN3O. The Morgan fingerprint density at radius 3 is 2.85 bits per heavy atom. The largest absolute Gasteiger partial charge is 0.286 e. The average Bonchev–Trinajstić information content (AvgIpc) is 2.92. The van der Waals surface area contributed by atoms with Crippen molar-refractivity contribution in [2.75, 3.05) is 0 Å². The molecule has 26 heavy (non-hydrogen) atoms. The van der Waals surface area contributed by atoms with Gasteiger partial charge in [0.25, 0.3) is 5.56 Å². The van der Waals surface area contributed by atoms with Crippen molar-refractivity contribution in [2.24, 2.45) is 0 Å². The molecule has 0 radical (unpaired) electrons. The lowest BCUT2D eigenvalue weighted by Gasteiger charge is -2.19. The highest BCUT2D eigenvalue weighted by molar-refractivity contribution is 5.61. The topological polar surface area (TPSA) is 39.8 Å². The predicted molar refractivity (Wildman–Crippen MR) is 103 cm³/mol. The van der Waals surface area contributed by atoms with Crippen LogP contribution in [0.5, 0.6) is 0 Å². The molecule has 4 nitrogen and oxygen atoms in total. The van der Waals surface area contributed by atoms with Gasteiger partial charge in [-0.2, -0.15) is 0 Å². The lowest BCUT2D eigenvalue weighted by atomic mass is 10.0. The first kappa shape index (κ1) is 18.1. The maximum atomic E-state index is 13.3. The zero-order valence-electron chi connectivity index (χ0n) is 15.3. The van der Waals surface area contributed by atoms with E-state index < -0.39 is 5.83 Å². The van der Waals surface area contributed by atoms with Crippen LogP contribution in [0.15, 0.2) is 59.3 Å². The molecule has 1 aliphatic rings. The molecule has 2 aromatic heterocycles. The zero-order chi connectivity index (χ0) is 18.7. The Hall–Kier alpha value is -2.69. The van der Waals surface area contributed by atoms with E-state index in [1.165, 1.54) is 6.08 Å². The Morgan fingerprint density at radius 1 is 1.35 bits per heavy atom. The molecule has 0 aliphatic carbocycles. The molecular weight excluding hydrogens is 329 g/mol. The fourth-order valence-electron chi connectivity index (χ4n) is 3.31. The number of allylic oxidation sites excluding steroid dienone is 5. The predicted octanol–water partition coefficient (Wildman–Crippen LogP) is 4.34. The minimum absolute atomic E-state index is 0.0285. The lowest BCUT2D eigenvalue weighted by molar-refractivity contribution is 0.403. The number of fused-ring (bicyclic) bond motifs is 1. The molecule has 136 valence electrons. The standard InChI is InChI=1S/C21H24FN3O/c1-4-17(22)10-8-16(3)14-25-21(26)20(18-11-9-15(2)13-23-18)19-7-5-6-12-24(19)25/h4,8-11,13H,1,5-7,12,14H2,2-3H3/b16-8-,17-10+. The number of hydrogen-bond donors (Lipinski definition) is 0. The average molecular weight is 353 g/mol. The fourth-order valence-corrected chi connectivity index (χ4v) is 3.31. The molecule has 0 fully saturated rings. The van der Waals surface area contributed by atoms with Gasteiger partial charge in [0.1, 0.15) is 5.83 Å². The van der Waals surface area contributed by atoms with Crippen LogP contribution in [0, 0.1) is 6.92 Å². The summed E-state index contributed by atoms with van der Waals surface area (Å²) in [5.41, 5.74) is 4.42. The first-order valence-corrected chi connectivity index (χ1v) is 8.92. The SMILES string of the molecule is C=C/C(F)=C\C=C(\C)Cn1c(=O)c(-c2ccc(C)cn2)c2n1CCCC2. The molecule has 0 saturated carbocycles. The van der Waals surface area contributed by atoms with E-state index >= 15 is 0 Å². The number of aromatic nitrogens is 3. The van der Waals surface area contributed by atoms with Crippen LogP contribution in [0.3, 0.4) is 0 Å². The van der Waals surface area contributed by atoms with Gasteiger partial charge in [-0.3, -0.25) is 14.5 Å². The number of nitrogens with zero attached hydrogens (tertiary/aromatic N) is 3. The van der Waals surface area contributed by atoms with Gasteiger partial charge in [-0.05, 0) is 56.9 Å². The highest BCUT2D eigenvalue weighted by atomic mass is 19.1. The summed E-state index contributed by atoms with van der Waals surface area (Å²) in [4.78, 5) is 17.6. The monoisotopic (exact) mass is 353 g/mol.